The first-order valence-electron chi connectivity index (χ1n) is 23.2. The minimum absolute atomic E-state index is 0.0409. The van der Waals surface area contributed by atoms with Crippen molar-refractivity contribution in [3.8, 4) is 0 Å². The minimum Gasteiger partial charge on any atom is -0.478 e. The number of fused-ring (bicyclic) bond motifs is 3. The molecule has 65 heavy (non-hydrogen) atoms. The number of cyclic esters (lactones) is 1. The summed E-state index contributed by atoms with van der Waals surface area (Å²) in [6, 6.07) is 5.21. The van der Waals surface area contributed by atoms with Crippen LogP contribution in [-0.4, -0.2) is 137 Å². The average Bonchev–Trinajstić information content (AvgIpc) is 3.28. The van der Waals surface area contributed by atoms with Crippen LogP contribution in [0.3, 0.4) is 0 Å². The van der Waals surface area contributed by atoms with E-state index in [4.69, 9.17) is 23.7 Å². The predicted octanol–water partition coefficient (Wildman–Crippen LogP) is 5.62. The number of amides is 1. The van der Waals surface area contributed by atoms with Crippen molar-refractivity contribution in [1.82, 2.24) is 4.90 Å². The van der Waals surface area contributed by atoms with Gasteiger partial charge in [-0.2, -0.15) is 0 Å². The maximum Gasteiger partial charge on any atom is 0.335 e. The second-order valence-electron chi connectivity index (χ2n) is 18.8. The van der Waals surface area contributed by atoms with Crippen LogP contribution in [0.1, 0.15) is 121 Å². The summed E-state index contributed by atoms with van der Waals surface area (Å²) in [5, 5.41) is 43.6. The molecule has 360 valence electrons. The highest BCUT2D eigenvalue weighted by Crippen LogP contribution is 2.39. The highest BCUT2D eigenvalue weighted by atomic mass is 16.7. The molecular formula is C50H71NO14. The number of ether oxygens (including phenoxy) is 5. The van der Waals surface area contributed by atoms with Crippen molar-refractivity contribution < 1.29 is 68.1 Å². The molecule has 0 aromatic heterocycles. The summed E-state index contributed by atoms with van der Waals surface area (Å²) in [6.45, 7) is 7.40. The standard InChI is InChI=1S/C50H71NO14/c1-29-21-30(2)23-43(62-6)45-44(63-7)25-32(4)50(60,65-45)46(55)47(56)51-20-9-8-13-38(51)49(59)64-41(31(3)24-34-16-19-39(53)42(26-34)61-5)28-37(52)27-40(54)36(22-29)12-10-11-33-14-17-35(18-15-33)48(57)58/h10-11,14-15,17-18,22,24,30,32,34,36-39,41-45,52-53,60H,8-9,12-13,16,19-21,23,25-28H2,1-7H3,(H,57,58)/b11-10+,29-22+,31-24+/t30-,32+,34-,36?,37-,38-,39+,41-,42+,43-,44-,45+,50+/m0/s1. The molecular weight excluding hydrogens is 839 g/mol. The minimum atomic E-state index is -2.55. The zero-order valence-electron chi connectivity index (χ0n) is 39.1. The lowest BCUT2D eigenvalue weighted by molar-refractivity contribution is -0.302. The number of hydrogen-bond acceptors (Lipinski definition) is 13. The zero-order chi connectivity index (χ0) is 47.6. The molecule has 1 saturated carbocycles. The van der Waals surface area contributed by atoms with Crippen LogP contribution in [0.4, 0.5) is 0 Å². The molecule has 2 bridgehead atoms. The van der Waals surface area contributed by atoms with E-state index in [0.29, 0.717) is 50.5 Å². The molecule has 1 unspecified atom stereocenters. The second kappa shape index (κ2) is 23.6. The first-order valence-corrected chi connectivity index (χ1v) is 23.2. The number of Topliss-reactive ketones (excluding diaryl/α,β-unsaturated/α-hetero) is 2. The Kier molecular flexibility index (Phi) is 18.8. The number of aliphatic hydroxyl groups is 3. The first-order chi connectivity index (χ1) is 30.9. The number of ketones is 2. The smallest absolute Gasteiger partial charge is 0.335 e. The van der Waals surface area contributed by atoms with E-state index in [1.54, 1.807) is 33.1 Å². The first kappa shape index (κ1) is 51.9. The molecule has 3 heterocycles. The summed E-state index contributed by atoms with van der Waals surface area (Å²) < 4.78 is 29.8. The molecule has 3 fully saturated rings. The number of esters is 1. The van der Waals surface area contributed by atoms with Gasteiger partial charge in [-0.1, -0.05) is 55.9 Å². The number of aliphatic hydroxyl groups excluding tert-OH is 2. The van der Waals surface area contributed by atoms with Gasteiger partial charge in [-0.05, 0) is 113 Å². The molecule has 2 saturated heterocycles. The maximum atomic E-state index is 14.3. The Hall–Kier alpha value is -4.09. The largest absolute Gasteiger partial charge is 0.478 e. The van der Waals surface area contributed by atoms with E-state index < -0.39 is 83.9 Å². The number of carbonyl (C=O) groups is 5. The Bertz CT molecular complexity index is 1910. The number of aromatic carboxylic acids is 1. The van der Waals surface area contributed by atoms with Gasteiger partial charge in [0.05, 0.1) is 36.1 Å². The van der Waals surface area contributed by atoms with Gasteiger partial charge < -0.3 is 49.0 Å². The molecule has 15 heteroatoms. The number of benzene rings is 1. The van der Waals surface area contributed by atoms with E-state index in [1.807, 2.05) is 38.2 Å². The van der Waals surface area contributed by atoms with E-state index >= 15 is 0 Å². The lowest BCUT2D eigenvalue weighted by atomic mass is 9.82. The van der Waals surface area contributed by atoms with Crippen LogP contribution in [0, 0.1) is 23.7 Å². The molecule has 4 N–H and O–H groups in total. The van der Waals surface area contributed by atoms with E-state index in [0.717, 1.165) is 16.0 Å². The number of methoxy groups -OCH3 is 3. The summed E-state index contributed by atoms with van der Waals surface area (Å²) in [6.07, 6.45) is 6.01. The van der Waals surface area contributed by atoms with Crippen LogP contribution in [0.25, 0.3) is 6.08 Å². The number of rotatable bonds is 9. The third-order valence-electron chi connectivity index (χ3n) is 13.8. The topological polar surface area (TPSA) is 216 Å². The van der Waals surface area contributed by atoms with Crippen molar-refractivity contribution in [1.29, 1.82) is 0 Å². The van der Waals surface area contributed by atoms with Gasteiger partial charge in [0.15, 0.2) is 0 Å². The molecule has 0 radical (unpaired) electrons. The maximum absolute atomic E-state index is 14.3. The Morgan fingerprint density at radius 3 is 2.23 bits per heavy atom. The number of hydrogen-bond donors (Lipinski definition) is 4. The quantitative estimate of drug-likeness (QED) is 0.135. The van der Waals surface area contributed by atoms with E-state index in [1.165, 1.54) is 26.4 Å². The Labute approximate surface area is 383 Å². The monoisotopic (exact) mass is 909 g/mol. The highest BCUT2D eigenvalue weighted by Gasteiger charge is 2.56. The van der Waals surface area contributed by atoms with Gasteiger partial charge in [0.2, 0.25) is 5.79 Å². The summed E-state index contributed by atoms with van der Waals surface area (Å²) in [5.74, 6) is -8.46. The molecule has 5 rings (SSSR count). The lowest BCUT2D eigenvalue weighted by Crippen LogP contribution is -2.64. The van der Waals surface area contributed by atoms with Crippen molar-refractivity contribution in [2.24, 2.45) is 23.7 Å². The molecule has 1 aromatic rings. The van der Waals surface area contributed by atoms with Gasteiger partial charge in [0, 0.05) is 52.6 Å². The summed E-state index contributed by atoms with van der Waals surface area (Å²) in [7, 11) is 4.56. The lowest BCUT2D eigenvalue weighted by Gasteiger charge is -2.47. The van der Waals surface area contributed by atoms with Gasteiger partial charge in [-0.3, -0.25) is 14.4 Å². The number of carboxylic acid groups (broad SMARTS) is 1. The third kappa shape index (κ3) is 13.3. The molecule has 15 nitrogen and oxygen atoms in total. The molecule has 1 amide bonds. The fraction of sp³-hybridized carbons (Fsp3) is 0.660. The molecule has 13 atom stereocenters. The van der Waals surface area contributed by atoms with Crippen molar-refractivity contribution >= 4 is 35.5 Å². The average molecular weight is 910 g/mol. The van der Waals surface area contributed by atoms with E-state index in [9.17, 15) is 44.4 Å². The Balaban J connectivity index is 1.52. The summed E-state index contributed by atoms with van der Waals surface area (Å²) in [5.41, 5.74) is 2.43. The van der Waals surface area contributed by atoms with Crippen LogP contribution >= 0.6 is 0 Å². The van der Waals surface area contributed by atoms with Gasteiger partial charge in [-0.15, -0.1) is 0 Å². The summed E-state index contributed by atoms with van der Waals surface area (Å²) >= 11 is 0. The van der Waals surface area contributed by atoms with Gasteiger partial charge in [-0.25, -0.2) is 9.59 Å². The van der Waals surface area contributed by atoms with Gasteiger partial charge in [0.1, 0.15) is 24.0 Å². The zero-order valence-corrected chi connectivity index (χ0v) is 39.1. The number of piperidine rings is 1. The van der Waals surface area contributed by atoms with E-state index in [2.05, 4.69) is 0 Å². The van der Waals surface area contributed by atoms with Crippen LogP contribution in [0.5, 0.6) is 0 Å². The van der Waals surface area contributed by atoms with Crippen LogP contribution in [0.15, 0.2) is 53.6 Å². The van der Waals surface area contributed by atoms with E-state index in [-0.39, 0.29) is 67.9 Å². The second-order valence-corrected chi connectivity index (χ2v) is 18.8. The molecule has 4 aliphatic rings. The Morgan fingerprint density at radius 2 is 1.57 bits per heavy atom. The van der Waals surface area contributed by atoms with Gasteiger partial charge in [0.25, 0.3) is 11.7 Å². The fourth-order valence-corrected chi connectivity index (χ4v) is 10.0. The molecule has 0 spiro atoms. The number of allylic oxidation sites excluding steroid dienone is 4. The predicted molar refractivity (Wildman–Crippen MR) is 240 cm³/mol. The van der Waals surface area contributed by atoms with Gasteiger partial charge >= 0.3 is 11.9 Å². The normalized spacial score (nSPS) is 36.3. The fourth-order valence-electron chi connectivity index (χ4n) is 10.0. The third-order valence-corrected chi connectivity index (χ3v) is 13.8. The Morgan fingerprint density at radius 1 is 0.892 bits per heavy atom. The van der Waals surface area contributed by atoms with Crippen LogP contribution in [0.2, 0.25) is 0 Å². The number of carbonyl (C=O) groups excluding carboxylic acids is 4. The molecule has 3 aliphatic heterocycles. The van der Waals surface area contributed by atoms with Crippen molar-refractivity contribution in [2.75, 3.05) is 27.9 Å². The molecule has 1 aliphatic carbocycles. The van der Waals surface area contributed by atoms with Crippen molar-refractivity contribution in [3.05, 3.63) is 64.8 Å². The highest BCUT2D eigenvalue weighted by molar-refractivity contribution is 6.39. The van der Waals surface area contributed by atoms with Crippen molar-refractivity contribution in [2.45, 2.75) is 159 Å². The summed E-state index contributed by atoms with van der Waals surface area (Å²) in [4.78, 5) is 69.7. The molecule has 1 aromatic carbocycles. The van der Waals surface area contributed by atoms with Crippen LogP contribution < -0.4 is 0 Å². The van der Waals surface area contributed by atoms with Crippen molar-refractivity contribution in [3.63, 3.8) is 0 Å². The SMILES string of the molecule is CO[C@H]1C[C@@H](C)C/C(C)=C/C(C/C=C/c2ccc(C(=O)O)cc2)C(=O)C[C@H](O)C[C@@H](/C(C)=C/[C@@H]2CC[C@@H](O)[C@H](OC)C2)OC(=O)[C@@H]2CCCCN2C(=O)C(=O)[C@]2(O)O[C@H]1[C@@H](OC)C[C@H]2C. The van der Waals surface area contributed by atoms with Crippen LogP contribution in [-0.2, 0) is 42.9 Å². The number of carboxylic acids is 1. The number of nitrogens with zero attached hydrogens (tertiary/aromatic N) is 1.